The molecule has 7 nitrogen and oxygen atoms in total. The van der Waals surface area contributed by atoms with E-state index in [1.807, 2.05) is 0 Å². The van der Waals surface area contributed by atoms with E-state index in [2.05, 4.69) is 10.6 Å². The van der Waals surface area contributed by atoms with Crippen molar-refractivity contribution in [1.82, 2.24) is 10.6 Å². The van der Waals surface area contributed by atoms with Crippen LogP contribution in [0.15, 0.2) is 0 Å². The fourth-order valence-electron chi connectivity index (χ4n) is 2.08. The summed E-state index contributed by atoms with van der Waals surface area (Å²) in [6.45, 7) is 2.17. The number of rotatable bonds is 9. The van der Waals surface area contributed by atoms with Crippen LogP contribution in [0, 0.1) is 0 Å². The average Bonchev–Trinajstić information content (AvgIpc) is 2.45. The number of carboxylic acids is 1. The van der Waals surface area contributed by atoms with Crippen LogP contribution in [0.3, 0.4) is 0 Å². The highest BCUT2D eigenvalue weighted by Gasteiger charge is 2.20. The predicted molar refractivity (Wildman–Crippen MR) is 72.5 cm³/mol. The van der Waals surface area contributed by atoms with Crippen LogP contribution >= 0.6 is 0 Å². The van der Waals surface area contributed by atoms with Gasteiger partial charge in [-0.15, -0.1) is 0 Å². The number of ether oxygens (including phenoxy) is 2. The molecule has 0 aromatic rings. The molecule has 20 heavy (non-hydrogen) atoms. The van der Waals surface area contributed by atoms with E-state index >= 15 is 0 Å². The highest BCUT2D eigenvalue weighted by molar-refractivity contribution is 5.84. The summed E-state index contributed by atoms with van der Waals surface area (Å²) >= 11 is 0. The molecule has 1 amide bonds. The van der Waals surface area contributed by atoms with E-state index in [1.165, 1.54) is 0 Å². The largest absolute Gasteiger partial charge is 0.480 e. The number of nitrogens with one attached hydrogen (secondary N) is 2. The highest BCUT2D eigenvalue weighted by Crippen LogP contribution is 2.06. The molecule has 1 atom stereocenters. The van der Waals surface area contributed by atoms with Crippen LogP contribution in [-0.4, -0.2) is 62.5 Å². The summed E-state index contributed by atoms with van der Waals surface area (Å²) in [6, 6.07) is -0.880. The Labute approximate surface area is 119 Å². The second kappa shape index (κ2) is 9.68. The molecule has 1 saturated heterocycles. The number of aliphatic carboxylic acids is 1. The maximum atomic E-state index is 11.7. The number of carbonyl (C=O) groups excluding carboxylic acids is 1. The van der Waals surface area contributed by atoms with Gasteiger partial charge in [-0.3, -0.25) is 4.79 Å². The van der Waals surface area contributed by atoms with E-state index in [0.717, 1.165) is 25.9 Å². The molecule has 1 rings (SSSR count). The number of hydrogen-bond acceptors (Lipinski definition) is 5. The number of carboxylic acid groups (broad SMARTS) is 1. The third kappa shape index (κ3) is 6.83. The summed E-state index contributed by atoms with van der Waals surface area (Å²) in [7, 11) is 1.56. The molecule has 0 spiro atoms. The van der Waals surface area contributed by atoms with Gasteiger partial charge in [-0.25, -0.2) is 4.79 Å². The first-order valence-electron chi connectivity index (χ1n) is 6.97. The molecule has 1 aliphatic heterocycles. The van der Waals surface area contributed by atoms with Crippen LogP contribution in [0.25, 0.3) is 0 Å². The third-order valence-corrected chi connectivity index (χ3v) is 3.21. The Morgan fingerprint density at radius 2 is 2.10 bits per heavy atom. The van der Waals surface area contributed by atoms with Gasteiger partial charge in [-0.1, -0.05) is 0 Å². The Morgan fingerprint density at radius 3 is 2.70 bits per heavy atom. The van der Waals surface area contributed by atoms with Gasteiger partial charge in [0.05, 0.1) is 6.10 Å². The molecule has 0 radical (unpaired) electrons. The first kappa shape index (κ1) is 16.9. The fourth-order valence-corrected chi connectivity index (χ4v) is 2.08. The normalized spacial score (nSPS) is 17.6. The van der Waals surface area contributed by atoms with Crippen molar-refractivity contribution in [3.63, 3.8) is 0 Å². The van der Waals surface area contributed by atoms with Crippen molar-refractivity contribution >= 4 is 11.9 Å². The number of carbonyl (C=O) groups is 2. The van der Waals surface area contributed by atoms with E-state index < -0.39 is 12.0 Å². The predicted octanol–water partition coefficient (Wildman–Crippen LogP) is -0.249. The Bertz CT molecular complexity index is 305. The van der Waals surface area contributed by atoms with Gasteiger partial charge in [0.25, 0.3) is 0 Å². The SMILES string of the molecule is COCCCC(NC(=O)COC1CCNCC1)C(=O)O. The molecular formula is C13H24N2O5. The summed E-state index contributed by atoms with van der Waals surface area (Å²) in [4.78, 5) is 22.7. The second-order valence-electron chi connectivity index (χ2n) is 4.85. The minimum atomic E-state index is -1.03. The van der Waals surface area contributed by atoms with Gasteiger partial charge in [-0.2, -0.15) is 0 Å². The molecule has 0 saturated carbocycles. The lowest BCUT2D eigenvalue weighted by molar-refractivity contribution is -0.143. The summed E-state index contributed by atoms with van der Waals surface area (Å²) in [5.74, 6) is -1.41. The molecule has 3 N–H and O–H groups in total. The molecule has 1 fully saturated rings. The smallest absolute Gasteiger partial charge is 0.326 e. The van der Waals surface area contributed by atoms with Crippen molar-refractivity contribution in [3.8, 4) is 0 Å². The monoisotopic (exact) mass is 288 g/mol. The van der Waals surface area contributed by atoms with E-state index in [9.17, 15) is 9.59 Å². The summed E-state index contributed by atoms with van der Waals surface area (Å²) < 4.78 is 10.3. The Kier molecular flexibility index (Phi) is 8.17. The van der Waals surface area contributed by atoms with E-state index in [4.69, 9.17) is 14.6 Å². The van der Waals surface area contributed by atoms with Gasteiger partial charge in [0.15, 0.2) is 0 Å². The molecule has 0 aliphatic carbocycles. The van der Waals surface area contributed by atoms with Crippen LogP contribution in [0.5, 0.6) is 0 Å². The zero-order valence-electron chi connectivity index (χ0n) is 11.9. The number of piperidine rings is 1. The quantitative estimate of drug-likeness (QED) is 0.506. The first-order valence-corrected chi connectivity index (χ1v) is 6.97. The van der Waals surface area contributed by atoms with Crippen LogP contribution in [0.2, 0.25) is 0 Å². The van der Waals surface area contributed by atoms with Gasteiger partial charge >= 0.3 is 5.97 Å². The maximum Gasteiger partial charge on any atom is 0.326 e. The van der Waals surface area contributed by atoms with Crippen molar-refractivity contribution in [2.75, 3.05) is 33.4 Å². The zero-order chi connectivity index (χ0) is 14.8. The van der Waals surface area contributed by atoms with Gasteiger partial charge in [-0.05, 0) is 38.8 Å². The Balaban J connectivity index is 2.24. The molecule has 0 bridgehead atoms. The molecule has 7 heteroatoms. The van der Waals surface area contributed by atoms with Crippen LogP contribution < -0.4 is 10.6 Å². The molecular weight excluding hydrogens is 264 g/mol. The minimum absolute atomic E-state index is 0.0822. The molecule has 1 unspecified atom stereocenters. The fraction of sp³-hybridized carbons (Fsp3) is 0.846. The molecule has 1 heterocycles. The third-order valence-electron chi connectivity index (χ3n) is 3.21. The lowest BCUT2D eigenvalue weighted by atomic mass is 10.1. The first-order chi connectivity index (χ1) is 9.63. The van der Waals surface area contributed by atoms with Crippen LogP contribution in [0.1, 0.15) is 25.7 Å². The van der Waals surface area contributed by atoms with E-state index in [0.29, 0.717) is 19.4 Å². The molecule has 1 aliphatic rings. The van der Waals surface area contributed by atoms with Crippen molar-refractivity contribution in [3.05, 3.63) is 0 Å². The van der Waals surface area contributed by atoms with Crippen molar-refractivity contribution < 1.29 is 24.2 Å². The number of methoxy groups -OCH3 is 1. The Hall–Kier alpha value is -1.18. The molecule has 0 aromatic heterocycles. The van der Waals surface area contributed by atoms with E-state index in [-0.39, 0.29) is 18.6 Å². The van der Waals surface area contributed by atoms with Gasteiger partial charge in [0.2, 0.25) is 5.91 Å². The second-order valence-corrected chi connectivity index (χ2v) is 4.85. The Morgan fingerprint density at radius 1 is 1.40 bits per heavy atom. The van der Waals surface area contributed by atoms with Crippen LogP contribution in [-0.2, 0) is 19.1 Å². The maximum absolute atomic E-state index is 11.7. The zero-order valence-corrected chi connectivity index (χ0v) is 11.9. The summed E-state index contributed by atoms with van der Waals surface area (Å²) in [5, 5.41) is 14.7. The minimum Gasteiger partial charge on any atom is -0.480 e. The van der Waals surface area contributed by atoms with Crippen molar-refractivity contribution in [1.29, 1.82) is 0 Å². The topological polar surface area (TPSA) is 96.9 Å². The van der Waals surface area contributed by atoms with Gasteiger partial charge in [0.1, 0.15) is 12.6 Å². The highest BCUT2D eigenvalue weighted by atomic mass is 16.5. The standard InChI is InChI=1S/C13H24N2O5/c1-19-8-2-3-11(13(17)18)15-12(16)9-20-10-4-6-14-7-5-10/h10-11,14H,2-9H2,1H3,(H,15,16)(H,17,18). The number of amides is 1. The summed E-state index contributed by atoms with van der Waals surface area (Å²) in [5.41, 5.74) is 0. The van der Waals surface area contributed by atoms with Crippen LogP contribution in [0.4, 0.5) is 0 Å². The van der Waals surface area contributed by atoms with Crippen molar-refractivity contribution in [2.45, 2.75) is 37.8 Å². The number of hydrogen-bond donors (Lipinski definition) is 3. The lowest BCUT2D eigenvalue weighted by Crippen LogP contribution is -2.43. The summed E-state index contributed by atoms with van der Waals surface area (Å²) in [6.07, 6.45) is 2.77. The lowest BCUT2D eigenvalue weighted by Gasteiger charge is -2.23. The molecule has 116 valence electrons. The van der Waals surface area contributed by atoms with Crippen molar-refractivity contribution in [2.24, 2.45) is 0 Å². The van der Waals surface area contributed by atoms with E-state index in [1.54, 1.807) is 7.11 Å². The molecule has 0 aromatic carbocycles. The van der Waals surface area contributed by atoms with Gasteiger partial charge in [0, 0.05) is 13.7 Å². The average molecular weight is 288 g/mol. The van der Waals surface area contributed by atoms with Gasteiger partial charge < -0.3 is 25.2 Å².